The molecule has 0 aliphatic rings. The summed E-state index contributed by atoms with van der Waals surface area (Å²) >= 11 is 0. The molecule has 134 valence electrons. The summed E-state index contributed by atoms with van der Waals surface area (Å²) in [6, 6.07) is 4.85. The Hall–Kier alpha value is -1.34. The molecule has 0 heterocycles. The zero-order valence-electron chi connectivity index (χ0n) is 16.8. The molecule has 0 bridgehead atoms. The van der Waals surface area contributed by atoms with Crippen molar-refractivity contribution in [2.24, 2.45) is 0 Å². The molecule has 0 amide bonds. The van der Waals surface area contributed by atoms with Crippen molar-refractivity contribution in [3.63, 3.8) is 0 Å². The maximum Gasteiger partial charge on any atom is -0.00189 e. The summed E-state index contributed by atoms with van der Waals surface area (Å²) in [5.41, 5.74) is 4.41. The van der Waals surface area contributed by atoms with Crippen molar-refractivity contribution in [2.45, 2.75) is 67.2 Å². The van der Waals surface area contributed by atoms with Crippen LogP contribution in [-0.2, 0) is 12.8 Å². The molecule has 0 fully saturated rings. The van der Waals surface area contributed by atoms with E-state index in [0.717, 1.165) is 6.42 Å². The van der Waals surface area contributed by atoms with Crippen LogP contribution in [0.25, 0.3) is 11.6 Å². The number of allylic oxidation sites excluding steroid dienone is 2. The van der Waals surface area contributed by atoms with E-state index in [0.29, 0.717) is 0 Å². The molecule has 1 heteroatoms. The van der Waals surface area contributed by atoms with Gasteiger partial charge in [0.2, 0.25) is 0 Å². The minimum absolute atomic E-state index is 1.12. The summed E-state index contributed by atoms with van der Waals surface area (Å²) in [6.07, 6.45) is 11.5. The summed E-state index contributed by atoms with van der Waals surface area (Å²) in [6.45, 7) is 16.8. The van der Waals surface area contributed by atoms with Gasteiger partial charge in [-0.1, -0.05) is 51.1 Å². The average Bonchev–Trinajstić information content (AvgIpc) is 2.61. The smallest absolute Gasteiger partial charge is 0.00189 e. The summed E-state index contributed by atoms with van der Waals surface area (Å²) in [7, 11) is 0. The van der Waals surface area contributed by atoms with Gasteiger partial charge in [-0.2, -0.15) is 0 Å². The van der Waals surface area contributed by atoms with Crippen molar-refractivity contribution in [3.05, 3.63) is 45.8 Å². The lowest BCUT2D eigenvalue weighted by Gasteiger charge is -2.17. The molecule has 1 aromatic rings. The van der Waals surface area contributed by atoms with Gasteiger partial charge in [-0.15, -0.1) is 0 Å². The van der Waals surface area contributed by atoms with E-state index >= 15 is 0 Å². The molecule has 1 nitrogen and oxygen atoms in total. The second-order valence-electron chi connectivity index (χ2n) is 6.52. The number of rotatable bonds is 9. The van der Waals surface area contributed by atoms with Gasteiger partial charge in [0.25, 0.3) is 0 Å². The van der Waals surface area contributed by atoms with Gasteiger partial charge in [0.05, 0.1) is 0 Å². The van der Waals surface area contributed by atoms with Crippen LogP contribution in [0, 0.1) is 0 Å². The molecule has 0 atom stereocenters. The van der Waals surface area contributed by atoms with Gasteiger partial charge in [-0.3, -0.25) is 0 Å². The van der Waals surface area contributed by atoms with Crippen molar-refractivity contribution >= 4 is 11.6 Å². The highest BCUT2D eigenvalue weighted by molar-refractivity contribution is 5.55. The van der Waals surface area contributed by atoms with Crippen molar-refractivity contribution in [1.29, 1.82) is 0 Å². The molecule has 1 aromatic carbocycles. The lowest BCUT2D eigenvalue weighted by molar-refractivity contribution is 0.297. The Labute approximate surface area is 149 Å². The molecule has 1 rings (SSSR count). The van der Waals surface area contributed by atoms with Crippen LogP contribution >= 0.6 is 0 Å². The molecular weight excluding hydrogens is 290 g/mol. The van der Waals surface area contributed by atoms with Crippen molar-refractivity contribution in [1.82, 2.24) is 4.90 Å². The highest BCUT2D eigenvalue weighted by Crippen LogP contribution is 2.11. The Morgan fingerprint density at radius 3 is 2.25 bits per heavy atom. The van der Waals surface area contributed by atoms with E-state index < -0.39 is 0 Å². The zero-order valence-corrected chi connectivity index (χ0v) is 16.8. The third-order valence-corrected chi connectivity index (χ3v) is 4.97. The second kappa shape index (κ2) is 11.3. The zero-order chi connectivity index (χ0) is 17.9. The minimum atomic E-state index is 1.12. The Morgan fingerprint density at radius 1 is 1.00 bits per heavy atom. The predicted octanol–water partition coefficient (Wildman–Crippen LogP) is 4.46. The lowest BCUT2D eigenvalue weighted by atomic mass is 9.96. The van der Waals surface area contributed by atoms with E-state index in [4.69, 9.17) is 0 Å². The molecule has 0 radical (unpaired) electrons. The van der Waals surface area contributed by atoms with Crippen LogP contribution in [0.2, 0.25) is 0 Å². The van der Waals surface area contributed by atoms with Crippen LogP contribution in [0.3, 0.4) is 0 Å². The van der Waals surface area contributed by atoms with E-state index in [9.17, 15) is 0 Å². The minimum Gasteiger partial charge on any atom is -0.304 e. The predicted molar refractivity (Wildman–Crippen MR) is 110 cm³/mol. The summed E-state index contributed by atoms with van der Waals surface area (Å²) < 4.78 is 0. The maximum atomic E-state index is 2.52. The largest absolute Gasteiger partial charge is 0.304 e. The van der Waals surface area contributed by atoms with Crippen LogP contribution < -0.4 is 10.4 Å². The third kappa shape index (κ3) is 5.94. The first kappa shape index (κ1) is 20.7. The first-order chi connectivity index (χ1) is 11.6. The van der Waals surface area contributed by atoms with Crippen LogP contribution in [0.5, 0.6) is 0 Å². The molecule has 24 heavy (non-hydrogen) atoms. The lowest BCUT2D eigenvalue weighted by Crippen LogP contribution is -2.28. The number of benzene rings is 1. The van der Waals surface area contributed by atoms with Gasteiger partial charge >= 0.3 is 0 Å². The number of hydrogen-bond donors (Lipinski definition) is 0. The first-order valence-electron chi connectivity index (χ1n) is 9.75. The van der Waals surface area contributed by atoms with Gasteiger partial charge < -0.3 is 4.90 Å². The number of hydrogen-bond acceptors (Lipinski definition) is 1. The molecule has 0 aliphatic heterocycles. The number of unbranched alkanes of at least 4 members (excludes halogenated alkanes) is 1. The van der Waals surface area contributed by atoms with Crippen LogP contribution in [0.15, 0.2) is 24.3 Å². The SMILES string of the molecule is C\C=C/C(C)=c1/cc(CC)c(CCCCN(CC)CC)c/c1=C\C. The monoisotopic (exact) mass is 327 g/mol. The normalized spacial score (nSPS) is 14.0. The molecule has 0 spiro atoms. The van der Waals surface area contributed by atoms with Gasteiger partial charge in [-0.05, 0) is 93.2 Å². The van der Waals surface area contributed by atoms with Crippen molar-refractivity contribution < 1.29 is 0 Å². The van der Waals surface area contributed by atoms with E-state index in [-0.39, 0.29) is 0 Å². The third-order valence-electron chi connectivity index (χ3n) is 4.97. The summed E-state index contributed by atoms with van der Waals surface area (Å²) in [5, 5.41) is 2.76. The highest BCUT2D eigenvalue weighted by atomic mass is 15.1. The highest BCUT2D eigenvalue weighted by Gasteiger charge is 2.04. The quantitative estimate of drug-likeness (QED) is 0.605. The molecule has 0 aliphatic carbocycles. The Bertz CT molecular complexity index is 633. The molecule has 0 aromatic heterocycles. The van der Waals surface area contributed by atoms with Gasteiger partial charge in [0.1, 0.15) is 0 Å². The van der Waals surface area contributed by atoms with Gasteiger partial charge in [0, 0.05) is 0 Å². The average molecular weight is 328 g/mol. The van der Waals surface area contributed by atoms with Gasteiger partial charge in [0.15, 0.2) is 0 Å². The maximum absolute atomic E-state index is 2.52. The fraction of sp³-hybridized carbons (Fsp3) is 0.565. The fourth-order valence-corrected chi connectivity index (χ4v) is 3.38. The standard InChI is InChI=1S/C23H37N/c1-7-14-19(6)23-18-20(8-2)22(17-21(23)9-3)15-12-13-16-24(10-4)11-5/h7,9,14,17-18H,8,10-13,15-16H2,1-6H3/b14-7-,21-9+,23-19-. The molecule has 0 saturated heterocycles. The van der Waals surface area contributed by atoms with Crippen LogP contribution in [-0.4, -0.2) is 24.5 Å². The van der Waals surface area contributed by atoms with Crippen molar-refractivity contribution in [3.8, 4) is 0 Å². The number of nitrogens with zero attached hydrogens (tertiary/aromatic N) is 1. The van der Waals surface area contributed by atoms with Crippen LogP contribution in [0.4, 0.5) is 0 Å². The molecule has 0 unspecified atom stereocenters. The van der Waals surface area contributed by atoms with Crippen LogP contribution in [0.1, 0.15) is 65.5 Å². The Kier molecular flexibility index (Phi) is 9.71. The van der Waals surface area contributed by atoms with Crippen molar-refractivity contribution in [2.75, 3.05) is 19.6 Å². The molecule has 0 N–H and O–H groups in total. The first-order valence-corrected chi connectivity index (χ1v) is 9.75. The fourth-order valence-electron chi connectivity index (χ4n) is 3.38. The Morgan fingerprint density at radius 2 is 1.71 bits per heavy atom. The van der Waals surface area contributed by atoms with Gasteiger partial charge in [-0.25, -0.2) is 0 Å². The van der Waals surface area contributed by atoms with E-state index in [2.05, 4.69) is 76.8 Å². The molecular formula is C23H37N. The second-order valence-corrected chi connectivity index (χ2v) is 6.52. The number of aryl methyl sites for hydroxylation is 2. The van der Waals surface area contributed by atoms with E-state index in [1.165, 1.54) is 60.5 Å². The Balaban J connectivity index is 2.99. The molecule has 0 saturated carbocycles. The summed E-state index contributed by atoms with van der Waals surface area (Å²) in [5.74, 6) is 0. The topological polar surface area (TPSA) is 3.24 Å². The van der Waals surface area contributed by atoms with E-state index in [1.807, 2.05) is 0 Å². The van der Waals surface area contributed by atoms with E-state index in [1.54, 1.807) is 5.56 Å². The summed E-state index contributed by atoms with van der Waals surface area (Å²) in [4.78, 5) is 2.52.